The number of alkyl halides is 2. The molecule has 0 aromatic heterocycles. The van der Waals surface area contributed by atoms with Crippen LogP contribution in [0.2, 0.25) is 0 Å². The Labute approximate surface area is 87.8 Å². The number of allylic oxidation sites excluding steroid dienone is 1. The second-order valence-electron chi connectivity index (χ2n) is 3.18. The van der Waals surface area contributed by atoms with Crippen LogP contribution in [-0.2, 0) is 9.53 Å². The summed E-state index contributed by atoms with van der Waals surface area (Å²) in [6.45, 7) is 1.97. The number of carbonyl (C=O) groups is 1. The highest BCUT2D eigenvalue weighted by atomic mass is 35.5. The minimum absolute atomic E-state index is 0.199. The van der Waals surface area contributed by atoms with Crippen molar-refractivity contribution in [2.24, 2.45) is 11.8 Å². The fraction of sp³-hybridized carbons (Fsp3) is 0.667. The Morgan fingerprint density at radius 2 is 1.92 bits per heavy atom. The first kappa shape index (κ1) is 10.9. The van der Waals surface area contributed by atoms with E-state index in [1.165, 1.54) is 7.11 Å². The van der Waals surface area contributed by atoms with Gasteiger partial charge >= 0.3 is 5.97 Å². The van der Waals surface area contributed by atoms with E-state index in [2.05, 4.69) is 4.74 Å². The van der Waals surface area contributed by atoms with Crippen molar-refractivity contribution >= 4 is 29.2 Å². The van der Waals surface area contributed by atoms with E-state index in [-0.39, 0.29) is 22.6 Å². The molecule has 1 aliphatic rings. The van der Waals surface area contributed by atoms with E-state index in [1.807, 2.05) is 13.0 Å². The van der Waals surface area contributed by atoms with E-state index in [0.29, 0.717) is 0 Å². The van der Waals surface area contributed by atoms with Gasteiger partial charge in [-0.2, -0.15) is 0 Å². The highest BCUT2D eigenvalue weighted by molar-refractivity contribution is 6.31. The highest BCUT2D eigenvalue weighted by Crippen LogP contribution is 2.31. The van der Waals surface area contributed by atoms with Crippen LogP contribution in [0.4, 0.5) is 0 Å². The highest BCUT2D eigenvalue weighted by Gasteiger charge is 2.36. The topological polar surface area (TPSA) is 26.3 Å². The van der Waals surface area contributed by atoms with Gasteiger partial charge in [-0.05, 0) is 5.92 Å². The fourth-order valence-electron chi connectivity index (χ4n) is 1.34. The molecular weight excluding hydrogens is 211 g/mol. The molecule has 0 amide bonds. The Bertz CT molecular complexity index is 228. The first-order valence-electron chi connectivity index (χ1n) is 4.12. The molecule has 4 heteroatoms. The molecule has 0 N–H and O–H groups in total. The normalized spacial score (nSPS) is 38.8. The molecule has 0 aliphatic heterocycles. The van der Waals surface area contributed by atoms with Crippen molar-refractivity contribution in [2.75, 3.05) is 7.11 Å². The van der Waals surface area contributed by atoms with Gasteiger partial charge in [0.15, 0.2) is 0 Å². The Morgan fingerprint density at radius 1 is 1.31 bits per heavy atom. The smallest absolute Gasteiger partial charge is 0.314 e. The van der Waals surface area contributed by atoms with Crippen LogP contribution in [0, 0.1) is 11.8 Å². The predicted molar refractivity (Wildman–Crippen MR) is 53.1 cm³/mol. The van der Waals surface area contributed by atoms with E-state index < -0.39 is 5.92 Å². The minimum atomic E-state index is -0.412. The summed E-state index contributed by atoms with van der Waals surface area (Å²) in [5.74, 6) is -0.538. The lowest BCUT2D eigenvalue weighted by molar-refractivity contribution is -0.143. The number of rotatable bonds is 1. The molecule has 0 spiro atoms. The number of ether oxygens (including phenoxy) is 1. The summed E-state index contributed by atoms with van der Waals surface area (Å²) in [4.78, 5) is 11.2. The van der Waals surface area contributed by atoms with Crippen molar-refractivity contribution in [3.8, 4) is 0 Å². The molecule has 0 aromatic rings. The van der Waals surface area contributed by atoms with E-state index in [9.17, 15) is 4.79 Å². The molecule has 0 heterocycles. The monoisotopic (exact) mass is 222 g/mol. The van der Waals surface area contributed by atoms with E-state index in [0.717, 1.165) is 0 Å². The van der Waals surface area contributed by atoms with Crippen LogP contribution in [0.25, 0.3) is 0 Å². The van der Waals surface area contributed by atoms with Crippen molar-refractivity contribution < 1.29 is 9.53 Å². The average Bonchev–Trinajstić information content (AvgIpc) is 2.13. The number of hydrogen-bond acceptors (Lipinski definition) is 2. The summed E-state index contributed by atoms with van der Waals surface area (Å²) in [7, 11) is 1.35. The fourth-order valence-corrected chi connectivity index (χ4v) is 2.00. The summed E-state index contributed by atoms with van der Waals surface area (Å²) in [5, 5.41) is -0.593. The molecule has 2 nitrogen and oxygen atoms in total. The van der Waals surface area contributed by atoms with Gasteiger partial charge in [-0.15, -0.1) is 23.2 Å². The zero-order valence-electron chi connectivity index (χ0n) is 7.54. The van der Waals surface area contributed by atoms with Crippen LogP contribution in [0.3, 0.4) is 0 Å². The van der Waals surface area contributed by atoms with E-state index >= 15 is 0 Å². The van der Waals surface area contributed by atoms with Gasteiger partial charge in [0.25, 0.3) is 0 Å². The third-order valence-electron chi connectivity index (χ3n) is 2.24. The van der Waals surface area contributed by atoms with Gasteiger partial charge in [-0.3, -0.25) is 4.79 Å². The zero-order chi connectivity index (χ0) is 10.0. The maximum absolute atomic E-state index is 11.2. The first-order chi connectivity index (χ1) is 6.07. The average molecular weight is 223 g/mol. The van der Waals surface area contributed by atoms with Crippen molar-refractivity contribution in [1.29, 1.82) is 0 Å². The molecule has 0 radical (unpaired) electrons. The molecular formula is C9H12Cl2O2. The van der Waals surface area contributed by atoms with Gasteiger partial charge in [0, 0.05) is 0 Å². The Hall–Kier alpha value is -0.210. The summed E-state index contributed by atoms with van der Waals surface area (Å²) in [5.41, 5.74) is 0. The summed E-state index contributed by atoms with van der Waals surface area (Å²) >= 11 is 12.0. The molecule has 0 bridgehead atoms. The quantitative estimate of drug-likeness (QED) is 0.387. The lowest BCUT2D eigenvalue weighted by Gasteiger charge is -2.28. The molecule has 4 atom stereocenters. The summed E-state index contributed by atoms with van der Waals surface area (Å²) in [6.07, 6.45) is 3.67. The van der Waals surface area contributed by atoms with Crippen LogP contribution in [0.15, 0.2) is 12.2 Å². The van der Waals surface area contributed by atoms with Crippen molar-refractivity contribution in [2.45, 2.75) is 17.7 Å². The zero-order valence-corrected chi connectivity index (χ0v) is 9.05. The second kappa shape index (κ2) is 4.34. The Kier molecular flexibility index (Phi) is 3.63. The molecule has 0 saturated carbocycles. The van der Waals surface area contributed by atoms with Gasteiger partial charge in [0.2, 0.25) is 0 Å². The van der Waals surface area contributed by atoms with Gasteiger partial charge in [-0.1, -0.05) is 19.1 Å². The molecule has 4 unspecified atom stereocenters. The second-order valence-corrected chi connectivity index (χ2v) is 4.19. The van der Waals surface area contributed by atoms with Crippen molar-refractivity contribution in [3.63, 3.8) is 0 Å². The van der Waals surface area contributed by atoms with E-state index in [4.69, 9.17) is 23.2 Å². The molecule has 1 rings (SSSR count). The lowest BCUT2D eigenvalue weighted by Crippen LogP contribution is -2.36. The number of carbonyl (C=O) groups excluding carboxylic acids is 1. The Morgan fingerprint density at radius 3 is 2.46 bits per heavy atom. The van der Waals surface area contributed by atoms with Crippen molar-refractivity contribution in [3.05, 3.63) is 12.2 Å². The standard InChI is InChI=1S/C9H12Cl2O2/c1-5-3-4-6(9(12)13-2)8(11)7(5)10/h3-8H,1-2H3. The first-order valence-corrected chi connectivity index (χ1v) is 4.99. The van der Waals surface area contributed by atoms with Crippen LogP contribution in [0.1, 0.15) is 6.92 Å². The van der Waals surface area contributed by atoms with Gasteiger partial charge in [0.05, 0.1) is 23.8 Å². The van der Waals surface area contributed by atoms with Crippen LogP contribution >= 0.6 is 23.2 Å². The molecule has 74 valence electrons. The van der Waals surface area contributed by atoms with E-state index in [1.54, 1.807) is 6.08 Å². The minimum Gasteiger partial charge on any atom is -0.469 e. The third-order valence-corrected chi connectivity index (χ3v) is 3.59. The molecule has 1 aliphatic carbocycles. The molecule has 0 aromatic carbocycles. The van der Waals surface area contributed by atoms with Crippen molar-refractivity contribution in [1.82, 2.24) is 0 Å². The number of halogens is 2. The maximum Gasteiger partial charge on any atom is 0.314 e. The van der Waals surface area contributed by atoms with Gasteiger partial charge < -0.3 is 4.74 Å². The van der Waals surface area contributed by atoms with Crippen LogP contribution in [0.5, 0.6) is 0 Å². The van der Waals surface area contributed by atoms with Crippen LogP contribution in [-0.4, -0.2) is 23.8 Å². The summed E-state index contributed by atoms with van der Waals surface area (Å²) in [6, 6.07) is 0. The third kappa shape index (κ3) is 2.18. The molecule has 0 saturated heterocycles. The number of hydrogen-bond donors (Lipinski definition) is 0. The van der Waals surface area contributed by atoms with Crippen LogP contribution < -0.4 is 0 Å². The Balaban J connectivity index is 2.78. The molecule has 0 fully saturated rings. The lowest BCUT2D eigenvalue weighted by atomic mass is 9.89. The summed E-state index contributed by atoms with van der Waals surface area (Å²) < 4.78 is 4.61. The van der Waals surface area contributed by atoms with Gasteiger partial charge in [-0.25, -0.2) is 0 Å². The largest absolute Gasteiger partial charge is 0.469 e. The number of methoxy groups -OCH3 is 1. The SMILES string of the molecule is COC(=O)C1C=CC(C)C(Cl)C1Cl. The molecule has 13 heavy (non-hydrogen) atoms. The predicted octanol–water partition coefficient (Wildman–Crippen LogP) is 2.20. The van der Waals surface area contributed by atoms with Gasteiger partial charge in [0.1, 0.15) is 0 Å². The number of esters is 1. The maximum atomic E-state index is 11.2.